The number of carbonyl (C=O) groups is 2. The highest BCUT2D eigenvalue weighted by Gasteiger charge is 2.61. The number of hydrogen-bond acceptors (Lipinski definition) is 3. The van der Waals surface area contributed by atoms with E-state index in [4.69, 9.17) is 4.74 Å². The molecule has 1 aliphatic heterocycles. The smallest absolute Gasteiger partial charge is 0.312 e. The molecule has 4 aliphatic rings. The largest absolute Gasteiger partial charge is 0.465 e. The summed E-state index contributed by atoms with van der Waals surface area (Å²) in [5.41, 5.74) is 0.808. The number of rotatable bonds is 0. The second-order valence-electron chi connectivity index (χ2n) is 7.99. The zero-order chi connectivity index (χ0) is 14.8. The lowest BCUT2D eigenvalue weighted by molar-refractivity contribution is -0.149. The summed E-state index contributed by atoms with van der Waals surface area (Å²) in [6.07, 6.45) is 8.19. The zero-order valence-corrected chi connectivity index (χ0v) is 13.0. The van der Waals surface area contributed by atoms with Crippen LogP contribution in [-0.4, -0.2) is 18.4 Å². The molecule has 114 valence electrons. The topological polar surface area (TPSA) is 43.4 Å². The molecule has 4 rings (SSSR count). The highest BCUT2D eigenvalue weighted by molar-refractivity contribution is 5.98. The third-order valence-corrected chi connectivity index (χ3v) is 7.09. The van der Waals surface area contributed by atoms with Gasteiger partial charge in [0.05, 0.1) is 12.0 Å². The summed E-state index contributed by atoms with van der Waals surface area (Å²) >= 11 is 0. The van der Waals surface area contributed by atoms with Gasteiger partial charge in [-0.3, -0.25) is 9.59 Å². The summed E-state index contributed by atoms with van der Waals surface area (Å²) in [7, 11) is 0. The summed E-state index contributed by atoms with van der Waals surface area (Å²) in [6, 6.07) is 0. The molecular formula is C18H24O3. The monoisotopic (exact) mass is 288 g/mol. The summed E-state index contributed by atoms with van der Waals surface area (Å²) in [4.78, 5) is 24.8. The van der Waals surface area contributed by atoms with E-state index in [0.717, 1.165) is 31.3 Å². The van der Waals surface area contributed by atoms with Crippen LogP contribution in [0.3, 0.4) is 0 Å². The summed E-state index contributed by atoms with van der Waals surface area (Å²) < 4.78 is 5.39. The number of carbonyl (C=O) groups excluding carboxylic acids is 2. The molecule has 3 aliphatic carbocycles. The van der Waals surface area contributed by atoms with Gasteiger partial charge in [0.2, 0.25) is 0 Å². The van der Waals surface area contributed by atoms with Gasteiger partial charge in [-0.1, -0.05) is 13.0 Å². The third-order valence-electron chi connectivity index (χ3n) is 7.09. The van der Waals surface area contributed by atoms with Gasteiger partial charge in [-0.2, -0.15) is 0 Å². The Bertz CT molecular complexity index is 549. The van der Waals surface area contributed by atoms with Crippen LogP contribution in [0.4, 0.5) is 0 Å². The minimum atomic E-state index is -0.340. The second-order valence-corrected chi connectivity index (χ2v) is 7.99. The molecule has 1 heterocycles. The molecular weight excluding hydrogens is 264 g/mol. The number of cyclic esters (lactones) is 1. The van der Waals surface area contributed by atoms with Crippen molar-refractivity contribution in [3.05, 3.63) is 11.6 Å². The molecule has 5 atom stereocenters. The summed E-state index contributed by atoms with van der Waals surface area (Å²) in [5.74, 6) is 1.43. The first-order valence-electron chi connectivity index (χ1n) is 8.38. The van der Waals surface area contributed by atoms with Gasteiger partial charge in [-0.15, -0.1) is 0 Å². The van der Waals surface area contributed by atoms with Crippen molar-refractivity contribution in [3.63, 3.8) is 0 Å². The minimum Gasteiger partial charge on any atom is -0.465 e. The maximum atomic E-state index is 12.7. The fourth-order valence-electron chi connectivity index (χ4n) is 5.80. The lowest BCUT2D eigenvalue weighted by Gasteiger charge is -2.55. The SMILES string of the molecule is C[C@]12CCCC=C1C(=O)C[C@@H]1[C@H]2CC[C@]2(C)C(=O)OC[C@@H]12. The average Bonchev–Trinajstić information content (AvgIpc) is 2.75. The molecule has 3 fully saturated rings. The Hall–Kier alpha value is -1.12. The van der Waals surface area contributed by atoms with Crippen LogP contribution in [0.25, 0.3) is 0 Å². The van der Waals surface area contributed by atoms with Crippen LogP contribution in [0.1, 0.15) is 52.4 Å². The molecule has 0 unspecified atom stereocenters. The highest BCUT2D eigenvalue weighted by Crippen LogP contribution is 2.62. The van der Waals surface area contributed by atoms with E-state index in [-0.39, 0.29) is 22.7 Å². The van der Waals surface area contributed by atoms with E-state index in [9.17, 15) is 9.59 Å². The standard InChI is InChI=1S/C18H24O3/c1-17-7-4-3-5-13(17)15(19)9-11-12(17)6-8-18(2)14(11)10-21-16(18)20/h5,11-12,14H,3-4,6-10H2,1-2H3/t11-,12-,14+,17-,18+/m1/s1. The average molecular weight is 288 g/mol. The number of Topliss-reactive ketones (excluding diaryl/α,β-unsaturated/α-hetero) is 1. The third kappa shape index (κ3) is 1.61. The lowest BCUT2D eigenvalue weighted by Crippen LogP contribution is -2.53. The summed E-state index contributed by atoms with van der Waals surface area (Å²) in [6.45, 7) is 4.88. The minimum absolute atomic E-state index is 0.0338. The molecule has 0 aromatic carbocycles. The fraction of sp³-hybridized carbons (Fsp3) is 0.778. The van der Waals surface area contributed by atoms with Crippen molar-refractivity contribution in [1.82, 2.24) is 0 Å². The van der Waals surface area contributed by atoms with Crippen LogP contribution in [0.15, 0.2) is 11.6 Å². The molecule has 0 aromatic rings. The van der Waals surface area contributed by atoms with Crippen LogP contribution in [0, 0.1) is 28.6 Å². The molecule has 0 N–H and O–H groups in total. The molecule has 2 saturated carbocycles. The van der Waals surface area contributed by atoms with Gasteiger partial charge in [0, 0.05) is 12.3 Å². The molecule has 3 heteroatoms. The Kier molecular flexibility index (Phi) is 2.71. The van der Waals surface area contributed by atoms with Crippen molar-refractivity contribution in [1.29, 1.82) is 0 Å². The maximum Gasteiger partial charge on any atom is 0.312 e. The Morgan fingerprint density at radius 2 is 1.95 bits per heavy atom. The molecule has 0 aromatic heterocycles. The first kappa shape index (κ1) is 13.5. The molecule has 1 saturated heterocycles. The van der Waals surface area contributed by atoms with Crippen molar-refractivity contribution in [3.8, 4) is 0 Å². The van der Waals surface area contributed by atoms with Crippen LogP contribution in [0.5, 0.6) is 0 Å². The lowest BCUT2D eigenvalue weighted by atomic mass is 9.47. The Labute approximate surface area is 126 Å². The predicted molar refractivity (Wildman–Crippen MR) is 78.4 cm³/mol. The maximum absolute atomic E-state index is 12.7. The van der Waals surface area contributed by atoms with Crippen molar-refractivity contribution in [2.45, 2.75) is 52.4 Å². The normalized spacial score (nSPS) is 48.9. The highest BCUT2D eigenvalue weighted by atomic mass is 16.5. The van der Waals surface area contributed by atoms with Gasteiger partial charge < -0.3 is 4.74 Å². The predicted octanol–water partition coefficient (Wildman–Crippen LogP) is 3.28. The Morgan fingerprint density at radius 3 is 2.76 bits per heavy atom. The van der Waals surface area contributed by atoms with Crippen molar-refractivity contribution in [2.24, 2.45) is 28.6 Å². The van der Waals surface area contributed by atoms with E-state index < -0.39 is 0 Å². The van der Waals surface area contributed by atoms with Crippen LogP contribution >= 0.6 is 0 Å². The molecule has 3 nitrogen and oxygen atoms in total. The molecule has 0 radical (unpaired) electrons. The molecule has 0 bridgehead atoms. The first-order chi connectivity index (χ1) is 9.97. The van der Waals surface area contributed by atoms with E-state index in [1.165, 1.54) is 6.42 Å². The van der Waals surface area contributed by atoms with E-state index >= 15 is 0 Å². The summed E-state index contributed by atoms with van der Waals surface area (Å²) in [5, 5.41) is 0. The van der Waals surface area contributed by atoms with Crippen LogP contribution in [-0.2, 0) is 14.3 Å². The zero-order valence-electron chi connectivity index (χ0n) is 13.0. The van der Waals surface area contributed by atoms with E-state index in [0.29, 0.717) is 30.6 Å². The number of fused-ring (bicyclic) bond motifs is 5. The van der Waals surface area contributed by atoms with Crippen molar-refractivity contribution in [2.75, 3.05) is 6.61 Å². The Morgan fingerprint density at radius 1 is 1.14 bits per heavy atom. The number of allylic oxidation sites excluding steroid dienone is 2. The van der Waals surface area contributed by atoms with Gasteiger partial charge in [0.15, 0.2) is 5.78 Å². The van der Waals surface area contributed by atoms with E-state index in [2.05, 4.69) is 19.9 Å². The number of ketones is 1. The van der Waals surface area contributed by atoms with Gasteiger partial charge in [0.25, 0.3) is 0 Å². The van der Waals surface area contributed by atoms with Gasteiger partial charge in [-0.25, -0.2) is 0 Å². The van der Waals surface area contributed by atoms with Gasteiger partial charge in [-0.05, 0) is 61.9 Å². The first-order valence-corrected chi connectivity index (χ1v) is 8.38. The van der Waals surface area contributed by atoms with Crippen molar-refractivity contribution >= 4 is 11.8 Å². The van der Waals surface area contributed by atoms with Crippen LogP contribution < -0.4 is 0 Å². The van der Waals surface area contributed by atoms with Gasteiger partial charge >= 0.3 is 5.97 Å². The fourth-order valence-corrected chi connectivity index (χ4v) is 5.80. The molecule has 0 amide bonds. The molecule has 21 heavy (non-hydrogen) atoms. The van der Waals surface area contributed by atoms with Crippen LogP contribution in [0.2, 0.25) is 0 Å². The number of ether oxygens (including phenoxy) is 1. The Balaban J connectivity index is 1.75. The number of hydrogen-bond donors (Lipinski definition) is 0. The van der Waals surface area contributed by atoms with E-state index in [1.54, 1.807) is 0 Å². The second kappa shape index (κ2) is 4.21. The number of esters is 1. The quantitative estimate of drug-likeness (QED) is 0.642. The van der Waals surface area contributed by atoms with Crippen molar-refractivity contribution < 1.29 is 14.3 Å². The molecule has 0 spiro atoms. The van der Waals surface area contributed by atoms with E-state index in [1.807, 2.05) is 0 Å². The van der Waals surface area contributed by atoms with Gasteiger partial charge in [0.1, 0.15) is 0 Å².